The van der Waals surface area contributed by atoms with E-state index in [1.165, 1.54) is 22.5 Å². The summed E-state index contributed by atoms with van der Waals surface area (Å²) in [6.07, 6.45) is 1.54. The molecule has 0 aliphatic carbocycles. The lowest BCUT2D eigenvalue weighted by atomic mass is 9.93. The van der Waals surface area contributed by atoms with Gasteiger partial charge in [-0.1, -0.05) is 44.2 Å². The van der Waals surface area contributed by atoms with Gasteiger partial charge in [-0.25, -0.2) is 0 Å². The summed E-state index contributed by atoms with van der Waals surface area (Å²) in [5.74, 6) is -0.442. The topological polar surface area (TPSA) is 70.8 Å². The van der Waals surface area contributed by atoms with Crippen LogP contribution in [0.1, 0.15) is 52.4 Å². The Kier molecular flexibility index (Phi) is 5.11. The average molecular weight is 407 g/mol. The molecule has 0 radical (unpaired) electrons. The van der Waals surface area contributed by atoms with Crippen molar-refractivity contribution in [2.24, 2.45) is 0 Å². The van der Waals surface area contributed by atoms with Gasteiger partial charge in [0, 0.05) is 0 Å². The number of nitrogens with zero attached hydrogens (tertiary/aromatic N) is 1. The molecule has 1 unspecified atom stereocenters. The van der Waals surface area contributed by atoms with Crippen molar-refractivity contribution >= 4 is 23.0 Å². The second-order valence-electron chi connectivity index (χ2n) is 7.31. The summed E-state index contributed by atoms with van der Waals surface area (Å²) >= 11 is 1.29. The number of rotatable bonds is 6. The van der Waals surface area contributed by atoms with Gasteiger partial charge in [0.2, 0.25) is 5.78 Å². The molecule has 1 atom stereocenters. The maximum Gasteiger partial charge on any atom is 0.290 e. The number of thiophene rings is 1. The molecule has 3 heterocycles. The molecule has 0 saturated carbocycles. The van der Waals surface area contributed by atoms with Crippen molar-refractivity contribution in [3.8, 4) is 0 Å². The van der Waals surface area contributed by atoms with Crippen LogP contribution in [0, 0.1) is 0 Å². The third-order valence-corrected chi connectivity index (χ3v) is 5.99. The molecule has 3 aromatic rings. The Labute approximate surface area is 172 Å². The van der Waals surface area contributed by atoms with Crippen LogP contribution in [0.4, 0.5) is 0 Å². The van der Waals surface area contributed by atoms with E-state index in [1.54, 1.807) is 29.6 Å². The predicted molar refractivity (Wildman–Crippen MR) is 111 cm³/mol. The Morgan fingerprint density at radius 1 is 1.17 bits per heavy atom. The maximum atomic E-state index is 13.2. The minimum Gasteiger partial charge on any atom is -0.503 e. The van der Waals surface area contributed by atoms with E-state index < -0.39 is 17.7 Å². The number of aliphatic hydroxyl groups is 1. The second-order valence-corrected chi connectivity index (χ2v) is 8.25. The van der Waals surface area contributed by atoms with Gasteiger partial charge in [0.15, 0.2) is 5.76 Å². The zero-order chi connectivity index (χ0) is 20.5. The molecule has 5 nitrogen and oxygen atoms in total. The number of carbonyl (C=O) groups excluding carboxylic acids is 2. The Hall–Kier alpha value is -3.12. The van der Waals surface area contributed by atoms with Gasteiger partial charge < -0.3 is 14.4 Å². The van der Waals surface area contributed by atoms with Gasteiger partial charge >= 0.3 is 0 Å². The molecule has 2 aromatic heterocycles. The molecule has 29 heavy (non-hydrogen) atoms. The number of Topliss-reactive ketones (excluding diaryl/α,β-unsaturated/α-hetero) is 1. The van der Waals surface area contributed by atoms with Gasteiger partial charge in [0.05, 0.1) is 29.3 Å². The molecule has 148 valence electrons. The smallest absolute Gasteiger partial charge is 0.290 e. The fourth-order valence-electron chi connectivity index (χ4n) is 3.57. The van der Waals surface area contributed by atoms with Gasteiger partial charge in [-0.05, 0) is 40.6 Å². The van der Waals surface area contributed by atoms with Crippen LogP contribution in [0.5, 0.6) is 0 Å². The highest BCUT2D eigenvalue weighted by atomic mass is 32.1. The Balaban J connectivity index is 1.78. The maximum absolute atomic E-state index is 13.2. The van der Waals surface area contributed by atoms with Crippen LogP contribution in [0.25, 0.3) is 0 Å². The highest BCUT2D eigenvalue weighted by Gasteiger charge is 2.44. The second kappa shape index (κ2) is 7.72. The van der Waals surface area contributed by atoms with Crippen molar-refractivity contribution in [1.29, 1.82) is 0 Å². The van der Waals surface area contributed by atoms with Crippen molar-refractivity contribution < 1.29 is 19.1 Å². The normalized spacial score (nSPS) is 16.9. The minimum atomic E-state index is -0.677. The molecule has 1 amide bonds. The Morgan fingerprint density at radius 2 is 1.93 bits per heavy atom. The number of aliphatic hydroxyl groups excluding tert-OH is 1. The fourth-order valence-corrected chi connectivity index (χ4v) is 4.25. The van der Waals surface area contributed by atoms with Crippen LogP contribution >= 0.6 is 11.3 Å². The third kappa shape index (κ3) is 3.51. The number of benzene rings is 1. The first-order valence-electron chi connectivity index (χ1n) is 9.42. The van der Waals surface area contributed by atoms with E-state index >= 15 is 0 Å². The quantitative estimate of drug-likeness (QED) is 0.567. The van der Waals surface area contributed by atoms with Gasteiger partial charge in [-0.2, -0.15) is 0 Å². The molecule has 0 bridgehead atoms. The molecule has 1 aliphatic rings. The van der Waals surface area contributed by atoms with Crippen LogP contribution in [0.3, 0.4) is 0 Å². The number of furan rings is 1. The lowest BCUT2D eigenvalue weighted by Gasteiger charge is -2.26. The van der Waals surface area contributed by atoms with Crippen LogP contribution in [-0.2, 0) is 11.3 Å². The van der Waals surface area contributed by atoms with Crippen molar-refractivity contribution in [3.63, 3.8) is 0 Å². The molecule has 0 spiro atoms. The molecule has 0 saturated heterocycles. The van der Waals surface area contributed by atoms with Crippen LogP contribution in [0.2, 0.25) is 0 Å². The van der Waals surface area contributed by atoms with E-state index in [4.69, 9.17) is 4.42 Å². The molecule has 4 rings (SSSR count). The van der Waals surface area contributed by atoms with Crippen molar-refractivity contribution in [2.45, 2.75) is 32.4 Å². The lowest BCUT2D eigenvalue weighted by Crippen LogP contribution is -2.30. The predicted octanol–water partition coefficient (Wildman–Crippen LogP) is 5.24. The first-order valence-corrected chi connectivity index (χ1v) is 10.3. The number of ketones is 1. The fraction of sp³-hybridized carbons (Fsp3) is 0.217. The molecule has 6 heteroatoms. The zero-order valence-electron chi connectivity index (χ0n) is 16.2. The largest absolute Gasteiger partial charge is 0.503 e. The summed E-state index contributed by atoms with van der Waals surface area (Å²) in [6.45, 7) is 4.37. The Morgan fingerprint density at radius 3 is 2.52 bits per heavy atom. The zero-order valence-corrected chi connectivity index (χ0v) is 17.0. The molecule has 1 N–H and O–H groups in total. The number of hydrogen-bond acceptors (Lipinski definition) is 5. The summed E-state index contributed by atoms with van der Waals surface area (Å²) in [4.78, 5) is 28.0. The first kappa shape index (κ1) is 19.2. The summed E-state index contributed by atoms with van der Waals surface area (Å²) in [5, 5.41) is 12.4. The standard InChI is InChI=1S/C23H21NO4S/c1-14(2)15-7-9-16(10-8-15)20-19(21(25)18-6-4-12-29-18)22(26)23(27)24(20)13-17-5-3-11-28-17/h3-12,14,20,26H,13H2,1-2H3. The van der Waals surface area contributed by atoms with E-state index in [-0.39, 0.29) is 17.9 Å². The van der Waals surface area contributed by atoms with Gasteiger partial charge in [0.25, 0.3) is 5.91 Å². The van der Waals surface area contributed by atoms with Gasteiger partial charge in [-0.3, -0.25) is 9.59 Å². The van der Waals surface area contributed by atoms with E-state index in [2.05, 4.69) is 13.8 Å². The Bertz CT molecular complexity index is 1050. The van der Waals surface area contributed by atoms with Crippen LogP contribution in [-0.4, -0.2) is 21.7 Å². The molecular weight excluding hydrogens is 386 g/mol. The third-order valence-electron chi connectivity index (χ3n) is 5.12. The van der Waals surface area contributed by atoms with Crippen molar-refractivity contribution in [1.82, 2.24) is 4.90 Å². The van der Waals surface area contributed by atoms with Crippen molar-refractivity contribution in [3.05, 3.63) is 93.3 Å². The first-order chi connectivity index (χ1) is 14.0. The van der Waals surface area contributed by atoms with Crippen LogP contribution < -0.4 is 0 Å². The highest BCUT2D eigenvalue weighted by molar-refractivity contribution is 7.12. The van der Waals surface area contributed by atoms with Gasteiger partial charge in [-0.15, -0.1) is 11.3 Å². The summed E-state index contributed by atoms with van der Waals surface area (Å²) < 4.78 is 5.40. The minimum absolute atomic E-state index is 0.112. The monoisotopic (exact) mass is 407 g/mol. The molecular formula is C23H21NO4S. The molecule has 1 aromatic carbocycles. The average Bonchev–Trinajstić information content (AvgIpc) is 3.46. The van der Waals surface area contributed by atoms with Gasteiger partial charge in [0.1, 0.15) is 5.76 Å². The summed E-state index contributed by atoms with van der Waals surface area (Å²) in [5.41, 5.74) is 2.05. The summed E-state index contributed by atoms with van der Waals surface area (Å²) in [6, 6.07) is 14.1. The van der Waals surface area contributed by atoms with E-state index in [0.717, 1.165) is 11.1 Å². The summed E-state index contributed by atoms with van der Waals surface area (Å²) in [7, 11) is 0. The van der Waals surface area contributed by atoms with Crippen molar-refractivity contribution in [2.75, 3.05) is 0 Å². The number of carbonyl (C=O) groups is 2. The molecule has 1 aliphatic heterocycles. The van der Waals surface area contributed by atoms with E-state index in [9.17, 15) is 14.7 Å². The molecule has 0 fully saturated rings. The van der Waals surface area contributed by atoms with E-state index in [1.807, 2.05) is 24.3 Å². The number of amides is 1. The lowest BCUT2D eigenvalue weighted by molar-refractivity contribution is -0.130. The SMILES string of the molecule is CC(C)c1ccc(C2C(C(=O)c3cccs3)=C(O)C(=O)N2Cc2ccco2)cc1. The number of hydrogen-bond donors (Lipinski definition) is 1. The van der Waals surface area contributed by atoms with E-state index in [0.29, 0.717) is 16.6 Å². The van der Waals surface area contributed by atoms with Crippen LogP contribution in [0.15, 0.2) is 75.9 Å². The highest BCUT2D eigenvalue weighted by Crippen LogP contribution is 2.40.